The summed E-state index contributed by atoms with van der Waals surface area (Å²) in [5, 5.41) is 10.6. The molecule has 0 spiro atoms. The summed E-state index contributed by atoms with van der Waals surface area (Å²) in [4.78, 5) is 4.59. The fraction of sp³-hybridized carbons (Fsp3) is 1.00. The maximum Gasteiger partial charge on any atom is 0.0900 e. The van der Waals surface area contributed by atoms with Gasteiger partial charge in [-0.15, -0.1) is 0 Å². The number of morpholine rings is 1. The third-order valence-electron chi connectivity index (χ3n) is 3.76. The SMILES string of the molecule is C[C@@H]1CN(C[C@@]2(O)CCCN(C)C2)C[C@H](C)O1. The van der Waals surface area contributed by atoms with Gasteiger partial charge in [0.25, 0.3) is 0 Å². The Morgan fingerprint density at radius 2 is 1.94 bits per heavy atom. The van der Waals surface area contributed by atoms with Crippen LogP contribution in [0.25, 0.3) is 0 Å². The first-order valence-electron chi connectivity index (χ1n) is 6.76. The van der Waals surface area contributed by atoms with Crippen molar-refractivity contribution < 1.29 is 9.84 Å². The van der Waals surface area contributed by atoms with Crippen molar-refractivity contribution in [3.05, 3.63) is 0 Å². The summed E-state index contributed by atoms with van der Waals surface area (Å²) in [6.07, 6.45) is 2.59. The van der Waals surface area contributed by atoms with Crippen LogP contribution in [0.4, 0.5) is 0 Å². The van der Waals surface area contributed by atoms with E-state index in [1.807, 2.05) is 0 Å². The van der Waals surface area contributed by atoms with Crippen molar-refractivity contribution in [3.8, 4) is 0 Å². The molecule has 2 fully saturated rings. The molecule has 0 saturated carbocycles. The zero-order valence-electron chi connectivity index (χ0n) is 11.4. The Morgan fingerprint density at radius 1 is 1.29 bits per heavy atom. The molecule has 0 radical (unpaired) electrons. The first kappa shape index (κ1) is 13.3. The fourth-order valence-corrected chi connectivity index (χ4v) is 3.30. The zero-order chi connectivity index (χ0) is 12.5. The predicted molar refractivity (Wildman–Crippen MR) is 68.1 cm³/mol. The highest BCUT2D eigenvalue weighted by atomic mass is 16.5. The Kier molecular flexibility index (Phi) is 4.08. The molecule has 2 saturated heterocycles. The number of hydrogen-bond donors (Lipinski definition) is 1. The quantitative estimate of drug-likeness (QED) is 0.767. The molecule has 3 atom stereocenters. The molecule has 2 heterocycles. The van der Waals surface area contributed by atoms with Crippen molar-refractivity contribution in [3.63, 3.8) is 0 Å². The van der Waals surface area contributed by atoms with E-state index in [2.05, 4.69) is 30.7 Å². The molecule has 4 nitrogen and oxygen atoms in total. The highest BCUT2D eigenvalue weighted by Gasteiger charge is 2.35. The standard InChI is InChI=1S/C13H26N2O2/c1-11-7-15(8-12(2)17-11)10-13(16)5-4-6-14(3)9-13/h11-12,16H,4-10H2,1-3H3/t11-,12+,13-/m1/s1. The summed E-state index contributed by atoms with van der Waals surface area (Å²) >= 11 is 0. The highest BCUT2D eigenvalue weighted by Crippen LogP contribution is 2.23. The second kappa shape index (κ2) is 5.22. The van der Waals surface area contributed by atoms with Gasteiger partial charge < -0.3 is 14.7 Å². The maximum atomic E-state index is 10.6. The van der Waals surface area contributed by atoms with Crippen LogP contribution in [0.5, 0.6) is 0 Å². The lowest BCUT2D eigenvalue weighted by Gasteiger charge is -2.43. The predicted octanol–water partition coefficient (Wildman–Crippen LogP) is 0.552. The molecule has 0 aliphatic carbocycles. The molecule has 0 unspecified atom stereocenters. The molecule has 2 aliphatic heterocycles. The van der Waals surface area contributed by atoms with Gasteiger partial charge in [0.05, 0.1) is 17.8 Å². The molecule has 1 N–H and O–H groups in total. The Balaban J connectivity index is 1.90. The monoisotopic (exact) mass is 242 g/mol. The maximum absolute atomic E-state index is 10.6. The van der Waals surface area contributed by atoms with Gasteiger partial charge >= 0.3 is 0 Å². The highest BCUT2D eigenvalue weighted by molar-refractivity contribution is 4.90. The number of ether oxygens (including phenoxy) is 1. The average Bonchev–Trinajstić information content (AvgIpc) is 2.13. The van der Waals surface area contributed by atoms with Crippen LogP contribution < -0.4 is 0 Å². The number of likely N-dealkylation sites (tertiary alicyclic amines) is 1. The zero-order valence-corrected chi connectivity index (χ0v) is 11.4. The summed E-state index contributed by atoms with van der Waals surface area (Å²) < 4.78 is 5.73. The van der Waals surface area contributed by atoms with E-state index in [1.165, 1.54) is 0 Å². The van der Waals surface area contributed by atoms with Gasteiger partial charge in [-0.05, 0) is 40.3 Å². The normalized spacial score (nSPS) is 41.6. The minimum absolute atomic E-state index is 0.281. The number of nitrogens with zero attached hydrogens (tertiary/aromatic N) is 2. The van der Waals surface area contributed by atoms with Crippen molar-refractivity contribution in [1.29, 1.82) is 0 Å². The molecular weight excluding hydrogens is 216 g/mol. The summed E-state index contributed by atoms with van der Waals surface area (Å²) in [5.74, 6) is 0. The second-order valence-corrected chi connectivity index (χ2v) is 6.02. The number of aliphatic hydroxyl groups is 1. The summed E-state index contributed by atoms with van der Waals surface area (Å²) in [6.45, 7) is 8.80. The number of β-amino-alcohol motifs (C(OH)–C–C–N with tert-alkyl or cyclic N) is 1. The van der Waals surface area contributed by atoms with Gasteiger partial charge in [-0.1, -0.05) is 0 Å². The lowest BCUT2D eigenvalue weighted by Crippen LogP contribution is -2.57. The fourth-order valence-electron chi connectivity index (χ4n) is 3.30. The first-order valence-corrected chi connectivity index (χ1v) is 6.76. The molecule has 4 heteroatoms. The van der Waals surface area contributed by atoms with Gasteiger partial charge in [-0.2, -0.15) is 0 Å². The molecule has 2 aliphatic rings. The van der Waals surface area contributed by atoms with Crippen LogP contribution in [0.3, 0.4) is 0 Å². The minimum Gasteiger partial charge on any atom is -0.387 e. The Morgan fingerprint density at radius 3 is 2.53 bits per heavy atom. The molecule has 17 heavy (non-hydrogen) atoms. The summed E-state index contributed by atoms with van der Waals surface area (Å²) in [5.41, 5.74) is -0.524. The van der Waals surface area contributed by atoms with Crippen LogP contribution in [0.1, 0.15) is 26.7 Å². The van der Waals surface area contributed by atoms with Gasteiger partial charge in [0.15, 0.2) is 0 Å². The van der Waals surface area contributed by atoms with Gasteiger partial charge in [0, 0.05) is 26.2 Å². The van der Waals surface area contributed by atoms with E-state index >= 15 is 0 Å². The molecule has 100 valence electrons. The van der Waals surface area contributed by atoms with E-state index in [0.29, 0.717) is 0 Å². The minimum atomic E-state index is -0.524. The molecular formula is C13H26N2O2. The average molecular weight is 242 g/mol. The molecule has 2 rings (SSSR count). The molecule has 0 aromatic heterocycles. The van der Waals surface area contributed by atoms with Crippen LogP contribution in [-0.2, 0) is 4.74 Å². The van der Waals surface area contributed by atoms with E-state index in [0.717, 1.165) is 45.6 Å². The van der Waals surface area contributed by atoms with Crippen molar-refractivity contribution >= 4 is 0 Å². The van der Waals surface area contributed by atoms with E-state index in [-0.39, 0.29) is 12.2 Å². The van der Waals surface area contributed by atoms with Gasteiger partial charge in [-0.25, -0.2) is 0 Å². The lowest BCUT2D eigenvalue weighted by atomic mass is 9.92. The van der Waals surface area contributed by atoms with Crippen LogP contribution in [0, 0.1) is 0 Å². The van der Waals surface area contributed by atoms with E-state index < -0.39 is 5.60 Å². The van der Waals surface area contributed by atoms with Crippen LogP contribution in [0.2, 0.25) is 0 Å². The van der Waals surface area contributed by atoms with Crippen LogP contribution in [-0.4, -0.2) is 72.5 Å². The number of rotatable bonds is 2. The van der Waals surface area contributed by atoms with E-state index in [1.54, 1.807) is 0 Å². The van der Waals surface area contributed by atoms with Crippen LogP contribution >= 0.6 is 0 Å². The first-order chi connectivity index (χ1) is 7.97. The summed E-state index contributed by atoms with van der Waals surface area (Å²) in [7, 11) is 2.09. The Hall–Kier alpha value is -0.160. The third-order valence-corrected chi connectivity index (χ3v) is 3.76. The van der Waals surface area contributed by atoms with Crippen molar-refractivity contribution in [2.75, 3.05) is 39.8 Å². The Bertz CT molecular complexity index is 252. The van der Waals surface area contributed by atoms with Gasteiger partial charge in [0.2, 0.25) is 0 Å². The smallest absolute Gasteiger partial charge is 0.0900 e. The van der Waals surface area contributed by atoms with E-state index in [4.69, 9.17) is 4.74 Å². The number of hydrogen-bond acceptors (Lipinski definition) is 4. The lowest BCUT2D eigenvalue weighted by molar-refractivity contribution is -0.104. The van der Waals surface area contributed by atoms with Crippen LogP contribution in [0.15, 0.2) is 0 Å². The molecule has 0 bridgehead atoms. The molecule has 0 aromatic carbocycles. The van der Waals surface area contributed by atoms with Gasteiger partial charge in [0.1, 0.15) is 0 Å². The van der Waals surface area contributed by atoms with Gasteiger partial charge in [-0.3, -0.25) is 4.90 Å². The topological polar surface area (TPSA) is 35.9 Å². The largest absolute Gasteiger partial charge is 0.387 e. The van der Waals surface area contributed by atoms with Crippen molar-refractivity contribution in [2.24, 2.45) is 0 Å². The van der Waals surface area contributed by atoms with E-state index in [9.17, 15) is 5.11 Å². The molecule has 0 amide bonds. The number of likely N-dealkylation sites (N-methyl/N-ethyl adjacent to an activating group) is 1. The number of piperidine rings is 1. The van der Waals surface area contributed by atoms with Crippen molar-refractivity contribution in [2.45, 2.75) is 44.5 Å². The molecule has 0 aromatic rings. The Labute approximate surface area is 105 Å². The summed E-state index contributed by atoms with van der Waals surface area (Å²) in [6, 6.07) is 0. The second-order valence-electron chi connectivity index (χ2n) is 6.02. The van der Waals surface area contributed by atoms with Crippen molar-refractivity contribution in [1.82, 2.24) is 9.80 Å². The third kappa shape index (κ3) is 3.65.